The Morgan fingerprint density at radius 1 is 1.09 bits per heavy atom. The molecule has 1 unspecified atom stereocenters. The van der Waals surface area contributed by atoms with Crippen molar-refractivity contribution in [3.63, 3.8) is 0 Å². The van der Waals surface area contributed by atoms with E-state index in [4.69, 9.17) is 11.6 Å². The number of benzene rings is 2. The second-order valence-corrected chi connectivity index (χ2v) is 5.54. The smallest absolute Gasteiger partial charge is 0.234 e. The van der Waals surface area contributed by atoms with E-state index in [1.807, 2.05) is 54.6 Å². The van der Waals surface area contributed by atoms with E-state index in [0.29, 0.717) is 11.6 Å². The molecular formula is C18H21ClN2O. The maximum atomic E-state index is 12.1. The molecule has 0 aliphatic carbocycles. The monoisotopic (exact) mass is 316 g/mol. The van der Waals surface area contributed by atoms with Crippen LogP contribution in [0.1, 0.15) is 30.5 Å². The van der Waals surface area contributed by atoms with Gasteiger partial charge in [-0.2, -0.15) is 0 Å². The van der Waals surface area contributed by atoms with Gasteiger partial charge in [-0.25, -0.2) is 0 Å². The number of carbonyl (C=O) groups is 1. The van der Waals surface area contributed by atoms with Gasteiger partial charge < -0.3 is 10.6 Å². The molecule has 0 fully saturated rings. The van der Waals surface area contributed by atoms with E-state index in [9.17, 15) is 4.79 Å². The first-order valence-corrected chi connectivity index (χ1v) is 7.87. The second-order valence-electron chi connectivity index (χ2n) is 5.13. The first kappa shape index (κ1) is 16.5. The first-order chi connectivity index (χ1) is 10.7. The van der Waals surface area contributed by atoms with Gasteiger partial charge in [0.25, 0.3) is 0 Å². The summed E-state index contributed by atoms with van der Waals surface area (Å²) in [5.74, 6) is -0.0113. The lowest BCUT2D eigenvalue weighted by Crippen LogP contribution is -2.36. The molecule has 22 heavy (non-hydrogen) atoms. The lowest BCUT2D eigenvalue weighted by atomic mass is 10.0. The SMILES string of the molecule is CCC(NC(=O)CNCc1ccccc1Cl)c1ccccc1. The Morgan fingerprint density at radius 3 is 2.45 bits per heavy atom. The van der Waals surface area contributed by atoms with E-state index in [2.05, 4.69) is 17.6 Å². The zero-order chi connectivity index (χ0) is 15.8. The number of nitrogens with one attached hydrogen (secondary N) is 2. The van der Waals surface area contributed by atoms with Crippen molar-refractivity contribution < 1.29 is 4.79 Å². The van der Waals surface area contributed by atoms with Crippen LogP contribution in [0, 0.1) is 0 Å². The Labute approximate surface area is 136 Å². The quantitative estimate of drug-likeness (QED) is 0.818. The fourth-order valence-electron chi connectivity index (χ4n) is 2.30. The molecule has 2 aromatic carbocycles. The summed E-state index contributed by atoms with van der Waals surface area (Å²) in [6.07, 6.45) is 0.861. The van der Waals surface area contributed by atoms with Gasteiger partial charge >= 0.3 is 0 Å². The van der Waals surface area contributed by atoms with Crippen molar-refractivity contribution in [1.82, 2.24) is 10.6 Å². The van der Waals surface area contributed by atoms with Crippen LogP contribution in [0.5, 0.6) is 0 Å². The molecule has 0 aliphatic rings. The minimum absolute atomic E-state index is 0.0113. The van der Waals surface area contributed by atoms with Crippen LogP contribution in [0.15, 0.2) is 54.6 Å². The zero-order valence-electron chi connectivity index (χ0n) is 12.7. The van der Waals surface area contributed by atoms with Gasteiger partial charge in [-0.1, -0.05) is 67.1 Å². The van der Waals surface area contributed by atoms with Crippen LogP contribution in [-0.2, 0) is 11.3 Å². The van der Waals surface area contributed by atoms with Crippen LogP contribution in [0.4, 0.5) is 0 Å². The van der Waals surface area contributed by atoms with Crippen LogP contribution in [0.25, 0.3) is 0 Å². The molecule has 3 nitrogen and oxygen atoms in total. The number of hydrogen-bond acceptors (Lipinski definition) is 2. The molecule has 0 saturated heterocycles. The molecule has 0 saturated carbocycles. The molecule has 0 radical (unpaired) electrons. The molecule has 1 amide bonds. The summed E-state index contributed by atoms with van der Waals surface area (Å²) >= 11 is 6.09. The van der Waals surface area contributed by atoms with Crippen molar-refractivity contribution in [2.24, 2.45) is 0 Å². The van der Waals surface area contributed by atoms with Gasteiger partial charge in [0.15, 0.2) is 0 Å². The minimum atomic E-state index is -0.0113. The molecule has 1 atom stereocenters. The number of halogens is 1. The predicted octanol–water partition coefficient (Wildman–Crippen LogP) is 3.70. The summed E-state index contributed by atoms with van der Waals surface area (Å²) in [7, 11) is 0. The summed E-state index contributed by atoms with van der Waals surface area (Å²) < 4.78 is 0. The summed E-state index contributed by atoms with van der Waals surface area (Å²) in [4.78, 5) is 12.1. The van der Waals surface area contributed by atoms with Gasteiger partial charge in [-0.3, -0.25) is 4.79 Å². The van der Waals surface area contributed by atoms with Crippen LogP contribution < -0.4 is 10.6 Å². The molecule has 0 bridgehead atoms. The van der Waals surface area contributed by atoms with Crippen LogP contribution in [0.3, 0.4) is 0 Å². The molecule has 0 aliphatic heterocycles. The van der Waals surface area contributed by atoms with E-state index in [-0.39, 0.29) is 18.5 Å². The van der Waals surface area contributed by atoms with Crippen molar-refractivity contribution in [1.29, 1.82) is 0 Å². The summed E-state index contributed by atoms with van der Waals surface area (Å²) in [6, 6.07) is 17.7. The average Bonchev–Trinajstić information content (AvgIpc) is 2.55. The highest BCUT2D eigenvalue weighted by Gasteiger charge is 2.11. The van der Waals surface area contributed by atoms with Gasteiger partial charge in [-0.15, -0.1) is 0 Å². The standard InChI is InChI=1S/C18H21ClN2O/c1-2-17(14-8-4-3-5-9-14)21-18(22)13-20-12-15-10-6-7-11-16(15)19/h3-11,17,20H,2,12-13H2,1H3,(H,21,22). The Bertz CT molecular complexity index is 601. The molecule has 2 aromatic rings. The van der Waals surface area contributed by atoms with Gasteiger partial charge in [0, 0.05) is 11.6 Å². The van der Waals surface area contributed by atoms with Crippen molar-refractivity contribution in [2.45, 2.75) is 25.9 Å². The number of rotatable bonds is 7. The highest BCUT2D eigenvalue weighted by atomic mass is 35.5. The molecule has 4 heteroatoms. The molecule has 0 heterocycles. The van der Waals surface area contributed by atoms with Crippen molar-refractivity contribution in [2.75, 3.05) is 6.54 Å². The third kappa shape index (κ3) is 4.86. The maximum Gasteiger partial charge on any atom is 0.234 e. The molecule has 2 rings (SSSR count). The van der Waals surface area contributed by atoms with Gasteiger partial charge in [0.05, 0.1) is 12.6 Å². The van der Waals surface area contributed by atoms with Crippen molar-refractivity contribution in [3.8, 4) is 0 Å². The minimum Gasteiger partial charge on any atom is -0.348 e. The molecule has 116 valence electrons. The van der Waals surface area contributed by atoms with E-state index >= 15 is 0 Å². The van der Waals surface area contributed by atoms with E-state index in [0.717, 1.165) is 17.5 Å². The molecular weight excluding hydrogens is 296 g/mol. The van der Waals surface area contributed by atoms with Crippen molar-refractivity contribution in [3.05, 3.63) is 70.7 Å². The topological polar surface area (TPSA) is 41.1 Å². The normalized spacial score (nSPS) is 11.9. The Kier molecular flexibility index (Phi) is 6.44. The maximum absolute atomic E-state index is 12.1. The third-order valence-electron chi connectivity index (χ3n) is 3.50. The van der Waals surface area contributed by atoms with Gasteiger partial charge in [0.1, 0.15) is 0 Å². The van der Waals surface area contributed by atoms with Crippen LogP contribution in [0.2, 0.25) is 5.02 Å². The lowest BCUT2D eigenvalue weighted by molar-refractivity contribution is -0.121. The Hall–Kier alpha value is -1.84. The van der Waals surface area contributed by atoms with E-state index < -0.39 is 0 Å². The summed E-state index contributed by atoms with van der Waals surface area (Å²) in [5.41, 5.74) is 2.12. The highest BCUT2D eigenvalue weighted by Crippen LogP contribution is 2.16. The molecule has 2 N–H and O–H groups in total. The largest absolute Gasteiger partial charge is 0.348 e. The third-order valence-corrected chi connectivity index (χ3v) is 3.87. The van der Waals surface area contributed by atoms with E-state index in [1.165, 1.54) is 0 Å². The fourth-order valence-corrected chi connectivity index (χ4v) is 2.51. The lowest BCUT2D eigenvalue weighted by Gasteiger charge is -2.17. The molecule has 0 aromatic heterocycles. The zero-order valence-corrected chi connectivity index (χ0v) is 13.4. The summed E-state index contributed by atoms with van der Waals surface area (Å²) in [5, 5.41) is 6.89. The number of hydrogen-bond donors (Lipinski definition) is 2. The fraction of sp³-hybridized carbons (Fsp3) is 0.278. The van der Waals surface area contributed by atoms with Gasteiger partial charge in [-0.05, 0) is 23.6 Å². The first-order valence-electron chi connectivity index (χ1n) is 7.49. The van der Waals surface area contributed by atoms with Crippen LogP contribution >= 0.6 is 11.6 Å². The number of amides is 1. The number of carbonyl (C=O) groups excluding carboxylic acids is 1. The average molecular weight is 317 g/mol. The molecule has 0 spiro atoms. The van der Waals surface area contributed by atoms with E-state index in [1.54, 1.807) is 0 Å². The second kappa shape index (κ2) is 8.57. The van der Waals surface area contributed by atoms with Crippen LogP contribution in [-0.4, -0.2) is 12.5 Å². The Morgan fingerprint density at radius 2 is 1.77 bits per heavy atom. The van der Waals surface area contributed by atoms with Crippen molar-refractivity contribution >= 4 is 17.5 Å². The highest BCUT2D eigenvalue weighted by molar-refractivity contribution is 6.31. The predicted molar refractivity (Wildman–Crippen MR) is 90.8 cm³/mol. The Balaban J connectivity index is 1.81. The van der Waals surface area contributed by atoms with Gasteiger partial charge in [0.2, 0.25) is 5.91 Å². The summed E-state index contributed by atoms with van der Waals surface area (Å²) in [6.45, 7) is 2.92.